The Morgan fingerprint density at radius 3 is 2.44 bits per heavy atom. The fourth-order valence-electron chi connectivity index (χ4n) is 3.05. The molecule has 0 atom stereocenters. The Labute approximate surface area is 182 Å². The maximum absolute atomic E-state index is 12.2. The zero-order valence-electron chi connectivity index (χ0n) is 18.0. The molecule has 0 spiro atoms. The van der Waals surface area contributed by atoms with Crippen molar-refractivity contribution >= 4 is 35.8 Å². The highest BCUT2D eigenvalue weighted by Gasteiger charge is 2.20. The van der Waals surface area contributed by atoms with Gasteiger partial charge in [0.25, 0.3) is 0 Å². The number of carbonyl (C=O) groups excluding carboxylic acids is 1. The van der Waals surface area contributed by atoms with Crippen molar-refractivity contribution in [1.29, 1.82) is 0 Å². The number of hydrogen-bond acceptors (Lipinski definition) is 4. The van der Waals surface area contributed by atoms with Gasteiger partial charge in [0.15, 0.2) is 5.96 Å². The van der Waals surface area contributed by atoms with Crippen molar-refractivity contribution in [2.45, 2.75) is 46.1 Å². The molecule has 8 heteroatoms. The minimum atomic E-state index is -0.218. The lowest BCUT2D eigenvalue weighted by atomic mass is 9.97. The molecule has 1 aliphatic rings. The van der Waals surface area contributed by atoms with E-state index < -0.39 is 0 Å². The average Bonchev–Trinajstić information content (AvgIpc) is 2.55. The molecule has 1 saturated heterocycles. The lowest BCUT2D eigenvalue weighted by molar-refractivity contribution is -0.122. The molecule has 0 unspecified atom stereocenters. The molecule has 1 rings (SSSR count). The van der Waals surface area contributed by atoms with Gasteiger partial charge in [-0.1, -0.05) is 0 Å². The summed E-state index contributed by atoms with van der Waals surface area (Å²) in [6, 6.07) is 0. The zero-order valence-corrected chi connectivity index (χ0v) is 20.3. The van der Waals surface area contributed by atoms with Crippen LogP contribution in [-0.4, -0.2) is 87.2 Å². The van der Waals surface area contributed by atoms with Gasteiger partial charge in [0.2, 0.25) is 5.91 Å². The van der Waals surface area contributed by atoms with Crippen molar-refractivity contribution in [3.8, 4) is 0 Å². The first-order valence-corrected chi connectivity index (χ1v) is 9.77. The van der Waals surface area contributed by atoms with Gasteiger partial charge in [0.05, 0.1) is 13.2 Å². The predicted molar refractivity (Wildman–Crippen MR) is 123 cm³/mol. The average molecular weight is 497 g/mol. The molecule has 1 heterocycles. The molecule has 27 heavy (non-hydrogen) atoms. The standard InChI is InChI=1S/C19H39N5O2.HI/c1-7-20-18(23(5)15-17(25)22-19(2,3)4)21-14-16-8-10-24(11-9-16)12-13-26-6;/h16H,7-15H2,1-6H3,(H,20,21)(H,22,25);1H. The normalized spacial score (nSPS) is 16.6. The van der Waals surface area contributed by atoms with Crippen molar-refractivity contribution in [2.24, 2.45) is 10.9 Å². The summed E-state index contributed by atoms with van der Waals surface area (Å²) in [5, 5.41) is 6.29. The molecule has 7 nitrogen and oxygen atoms in total. The molecule has 0 aliphatic carbocycles. The van der Waals surface area contributed by atoms with Crippen LogP contribution in [-0.2, 0) is 9.53 Å². The van der Waals surface area contributed by atoms with Gasteiger partial charge in [0, 0.05) is 39.3 Å². The first-order chi connectivity index (χ1) is 12.2. The Kier molecular flexibility index (Phi) is 13.2. The molecule has 0 bridgehead atoms. The summed E-state index contributed by atoms with van der Waals surface area (Å²) < 4.78 is 5.16. The largest absolute Gasteiger partial charge is 0.383 e. The van der Waals surface area contributed by atoms with Gasteiger partial charge in [-0.25, -0.2) is 0 Å². The second kappa shape index (κ2) is 13.5. The summed E-state index contributed by atoms with van der Waals surface area (Å²) in [5.41, 5.74) is -0.218. The van der Waals surface area contributed by atoms with Gasteiger partial charge in [-0.15, -0.1) is 24.0 Å². The Balaban J connectivity index is 0.00000676. The molecule has 0 radical (unpaired) electrons. The van der Waals surface area contributed by atoms with Crippen LogP contribution in [0, 0.1) is 5.92 Å². The summed E-state index contributed by atoms with van der Waals surface area (Å²) in [6.45, 7) is 14.0. The Bertz CT molecular complexity index is 446. The van der Waals surface area contributed by atoms with E-state index in [9.17, 15) is 4.79 Å². The number of likely N-dealkylation sites (N-methyl/N-ethyl adjacent to an activating group) is 1. The third kappa shape index (κ3) is 11.7. The smallest absolute Gasteiger partial charge is 0.240 e. The van der Waals surface area contributed by atoms with E-state index >= 15 is 0 Å². The topological polar surface area (TPSA) is 69.2 Å². The van der Waals surface area contributed by atoms with Crippen molar-refractivity contribution in [3.63, 3.8) is 0 Å². The molecule has 0 saturated carbocycles. The number of piperidine rings is 1. The van der Waals surface area contributed by atoms with Crippen molar-refractivity contribution in [3.05, 3.63) is 0 Å². The molecule has 1 fully saturated rings. The van der Waals surface area contributed by atoms with Gasteiger partial charge in [-0.05, 0) is 59.5 Å². The molecule has 1 amide bonds. The summed E-state index contributed by atoms with van der Waals surface area (Å²) >= 11 is 0. The van der Waals surface area contributed by atoms with E-state index in [4.69, 9.17) is 9.73 Å². The number of methoxy groups -OCH3 is 1. The highest BCUT2D eigenvalue weighted by Crippen LogP contribution is 2.17. The summed E-state index contributed by atoms with van der Waals surface area (Å²) in [6.07, 6.45) is 2.34. The van der Waals surface area contributed by atoms with E-state index in [1.54, 1.807) is 7.11 Å². The molecule has 0 aromatic carbocycles. The number of guanidine groups is 1. The van der Waals surface area contributed by atoms with Crippen molar-refractivity contribution in [1.82, 2.24) is 20.4 Å². The van der Waals surface area contributed by atoms with Crippen molar-refractivity contribution in [2.75, 3.05) is 60.0 Å². The molecule has 2 N–H and O–H groups in total. The Morgan fingerprint density at radius 2 is 1.93 bits per heavy atom. The van der Waals surface area contributed by atoms with Crippen LogP contribution in [0.3, 0.4) is 0 Å². The highest BCUT2D eigenvalue weighted by atomic mass is 127. The van der Waals surface area contributed by atoms with Crippen LogP contribution in [0.15, 0.2) is 4.99 Å². The minimum absolute atomic E-state index is 0. The quantitative estimate of drug-likeness (QED) is 0.304. The first kappa shape index (κ1) is 26.4. The van der Waals surface area contributed by atoms with E-state index in [1.165, 1.54) is 12.8 Å². The van der Waals surface area contributed by atoms with Crippen LogP contribution in [0.1, 0.15) is 40.5 Å². The molecule has 160 valence electrons. The van der Waals surface area contributed by atoms with Crippen LogP contribution < -0.4 is 10.6 Å². The number of rotatable bonds is 8. The number of carbonyl (C=O) groups is 1. The van der Waals surface area contributed by atoms with Gasteiger partial charge >= 0.3 is 0 Å². The van der Waals surface area contributed by atoms with E-state index in [1.807, 2.05) is 39.6 Å². The van der Waals surface area contributed by atoms with E-state index in [0.717, 1.165) is 45.3 Å². The maximum atomic E-state index is 12.2. The van der Waals surface area contributed by atoms with Crippen LogP contribution in [0.25, 0.3) is 0 Å². The summed E-state index contributed by atoms with van der Waals surface area (Å²) in [7, 11) is 3.67. The number of aliphatic imine (C=N–C) groups is 1. The summed E-state index contributed by atoms with van der Waals surface area (Å²) in [4.78, 5) is 21.3. The number of hydrogen-bond donors (Lipinski definition) is 2. The highest BCUT2D eigenvalue weighted by molar-refractivity contribution is 14.0. The lowest BCUT2D eigenvalue weighted by Crippen LogP contribution is -2.49. The fraction of sp³-hybridized carbons (Fsp3) is 0.895. The molecule has 1 aliphatic heterocycles. The van der Waals surface area contributed by atoms with Gasteiger partial charge < -0.3 is 25.2 Å². The van der Waals surface area contributed by atoms with Crippen LogP contribution in [0.2, 0.25) is 0 Å². The number of amides is 1. The van der Waals surface area contributed by atoms with Crippen molar-refractivity contribution < 1.29 is 9.53 Å². The molecular formula is C19H40IN5O2. The molecule has 0 aromatic rings. The monoisotopic (exact) mass is 497 g/mol. The van der Waals surface area contributed by atoms with E-state index in [2.05, 4.69) is 15.5 Å². The fourth-order valence-corrected chi connectivity index (χ4v) is 3.05. The molecular weight excluding hydrogens is 457 g/mol. The molecule has 0 aromatic heterocycles. The minimum Gasteiger partial charge on any atom is -0.383 e. The predicted octanol–water partition coefficient (Wildman–Crippen LogP) is 1.77. The number of halogens is 1. The van der Waals surface area contributed by atoms with E-state index in [0.29, 0.717) is 12.5 Å². The van der Waals surface area contributed by atoms with E-state index in [-0.39, 0.29) is 35.4 Å². The second-order valence-corrected chi connectivity index (χ2v) is 8.13. The van der Waals surface area contributed by atoms with Crippen LogP contribution in [0.5, 0.6) is 0 Å². The number of nitrogens with zero attached hydrogens (tertiary/aromatic N) is 3. The SMILES string of the molecule is CCNC(=NCC1CCN(CCOC)CC1)N(C)CC(=O)NC(C)(C)C.I. The number of ether oxygens (including phenoxy) is 1. The van der Waals surface area contributed by atoms with Crippen LogP contribution in [0.4, 0.5) is 0 Å². The number of likely N-dealkylation sites (tertiary alicyclic amines) is 1. The maximum Gasteiger partial charge on any atom is 0.240 e. The zero-order chi connectivity index (χ0) is 19.6. The number of nitrogens with one attached hydrogen (secondary N) is 2. The Hall–Kier alpha value is -0.610. The third-order valence-corrected chi connectivity index (χ3v) is 4.41. The van der Waals surface area contributed by atoms with Gasteiger partial charge in [-0.2, -0.15) is 0 Å². The Morgan fingerprint density at radius 1 is 1.30 bits per heavy atom. The third-order valence-electron chi connectivity index (χ3n) is 4.41. The summed E-state index contributed by atoms with van der Waals surface area (Å²) in [5.74, 6) is 1.43. The van der Waals surface area contributed by atoms with Gasteiger partial charge in [-0.3, -0.25) is 9.79 Å². The lowest BCUT2D eigenvalue weighted by Gasteiger charge is -2.31. The second-order valence-electron chi connectivity index (χ2n) is 8.13. The van der Waals surface area contributed by atoms with Gasteiger partial charge in [0.1, 0.15) is 0 Å². The van der Waals surface area contributed by atoms with Crippen LogP contribution >= 0.6 is 24.0 Å². The first-order valence-electron chi connectivity index (χ1n) is 9.77.